The van der Waals surface area contributed by atoms with Gasteiger partial charge in [0, 0.05) is 0 Å². The van der Waals surface area contributed by atoms with E-state index >= 15 is 0 Å². The van der Waals surface area contributed by atoms with Crippen LogP contribution >= 0.6 is 0 Å². The van der Waals surface area contributed by atoms with Crippen molar-refractivity contribution in [2.24, 2.45) is 0 Å². The zero-order valence-electron chi connectivity index (χ0n) is 9.77. The Labute approximate surface area is 96.1 Å². The molecule has 0 saturated heterocycles. The summed E-state index contributed by atoms with van der Waals surface area (Å²) in [5.41, 5.74) is 1.06. The van der Waals surface area contributed by atoms with Crippen molar-refractivity contribution in [3.8, 4) is 5.75 Å². The van der Waals surface area contributed by atoms with Crippen molar-refractivity contribution >= 4 is 5.97 Å². The van der Waals surface area contributed by atoms with Gasteiger partial charge in [-0.15, -0.1) is 0 Å². The quantitative estimate of drug-likeness (QED) is 0.779. The van der Waals surface area contributed by atoms with Crippen molar-refractivity contribution in [1.82, 2.24) is 0 Å². The Morgan fingerprint density at radius 1 is 1.31 bits per heavy atom. The molecule has 0 spiro atoms. The summed E-state index contributed by atoms with van der Waals surface area (Å²) in [7, 11) is 0. The number of rotatable bonds is 5. The molecule has 0 aliphatic rings. The number of carbonyl (C=O) groups excluding carboxylic acids is 1. The maximum Gasteiger partial charge on any atom is 0.306 e. The molecule has 1 aromatic carbocycles. The van der Waals surface area contributed by atoms with Gasteiger partial charge in [0.15, 0.2) is 0 Å². The molecule has 0 radical (unpaired) electrons. The molecule has 88 valence electrons. The van der Waals surface area contributed by atoms with Gasteiger partial charge in [0.1, 0.15) is 5.75 Å². The molecule has 0 aliphatic carbocycles. The smallest absolute Gasteiger partial charge is 0.306 e. The third-order valence-corrected chi connectivity index (χ3v) is 2.58. The molecule has 1 aromatic rings. The van der Waals surface area contributed by atoms with Gasteiger partial charge in [-0.3, -0.25) is 4.79 Å². The van der Waals surface area contributed by atoms with E-state index in [1.54, 1.807) is 19.1 Å². The molecule has 0 bridgehead atoms. The molecule has 3 nitrogen and oxygen atoms in total. The summed E-state index contributed by atoms with van der Waals surface area (Å²) in [5, 5.41) is 9.19. The van der Waals surface area contributed by atoms with E-state index < -0.39 is 0 Å². The summed E-state index contributed by atoms with van der Waals surface area (Å²) >= 11 is 0. The Hall–Kier alpha value is -1.51. The summed E-state index contributed by atoms with van der Waals surface area (Å²) in [6, 6.07) is 6.98. The molecule has 0 fully saturated rings. The second kappa shape index (κ2) is 6.16. The van der Waals surface area contributed by atoms with E-state index in [4.69, 9.17) is 4.74 Å². The van der Waals surface area contributed by atoms with Crippen molar-refractivity contribution in [1.29, 1.82) is 0 Å². The molecular formula is C13H18O3. The van der Waals surface area contributed by atoms with Gasteiger partial charge in [-0.2, -0.15) is 0 Å². The molecule has 0 aromatic heterocycles. The zero-order valence-corrected chi connectivity index (χ0v) is 9.77. The molecular weight excluding hydrogens is 204 g/mol. The van der Waals surface area contributed by atoms with E-state index in [0.717, 1.165) is 12.0 Å². The lowest BCUT2D eigenvalue weighted by Gasteiger charge is -2.14. The summed E-state index contributed by atoms with van der Waals surface area (Å²) in [6.45, 7) is 4.26. The lowest BCUT2D eigenvalue weighted by molar-refractivity contribution is -0.143. The fourth-order valence-electron chi connectivity index (χ4n) is 1.67. The van der Waals surface area contributed by atoms with E-state index in [1.165, 1.54) is 0 Å². The Morgan fingerprint density at radius 3 is 2.44 bits per heavy atom. The molecule has 16 heavy (non-hydrogen) atoms. The summed E-state index contributed by atoms with van der Waals surface area (Å²) in [6.07, 6.45) is 1.28. The van der Waals surface area contributed by atoms with E-state index in [0.29, 0.717) is 13.0 Å². The Balaban J connectivity index is 2.67. The van der Waals surface area contributed by atoms with Crippen LogP contribution in [0.3, 0.4) is 0 Å². The maximum absolute atomic E-state index is 11.4. The number of benzene rings is 1. The van der Waals surface area contributed by atoms with Gasteiger partial charge in [-0.25, -0.2) is 0 Å². The fraction of sp³-hybridized carbons (Fsp3) is 0.462. The minimum Gasteiger partial charge on any atom is -0.508 e. The largest absolute Gasteiger partial charge is 0.508 e. The number of aromatic hydroxyl groups is 1. The minimum absolute atomic E-state index is 0.164. The highest BCUT2D eigenvalue weighted by molar-refractivity contribution is 5.70. The minimum atomic E-state index is -0.164. The first-order chi connectivity index (χ1) is 7.67. The Kier molecular flexibility index (Phi) is 4.83. The van der Waals surface area contributed by atoms with Crippen LogP contribution < -0.4 is 0 Å². The van der Waals surface area contributed by atoms with Gasteiger partial charge >= 0.3 is 5.97 Å². The first-order valence-corrected chi connectivity index (χ1v) is 5.61. The number of phenolic OH excluding ortho intramolecular Hbond substituents is 1. The van der Waals surface area contributed by atoms with E-state index in [-0.39, 0.29) is 17.6 Å². The monoisotopic (exact) mass is 222 g/mol. The van der Waals surface area contributed by atoms with Gasteiger partial charge in [0.25, 0.3) is 0 Å². The summed E-state index contributed by atoms with van der Waals surface area (Å²) in [5.74, 6) is 0.247. The highest BCUT2D eigenvalue weighted by atomic mass is 16.5. The van der Waals surface area contributed by atoms with Crippen molar-refractivity contribution in [3.05, 3.63) is 29.8 Å². The van der Waals surface area contributed by atoms with Crippen molar-refractivity contribution in [2.45, 2.75) is 32.6 Å². The average Bonchev–Trinajstić information content (AvgIpc) is 2.27. The van der Waals surface area contributed by atoms with E-state index in [2.05, 4.69) is 0 Å². The number of ether oxygens (including phenoxy) is 1. The van der Waals surface area contributed by atoms with Crippen LogP contribution in [0.1, 0.15) is 38.2 Å². The zero-order chi connectivity index (χ0) is 12.0. The van der Waals surface area contributed by atoms with Crippen LogP contribution in [-0.4, -0.2) is 17.7 Å². The van der Waals surface area contributed by atoms with Gasteiger partial charge in [-0.05, 0) is 37.0 Å². The topological polar surface area (TPSA) is 46.5 Å². The molecule has 0 amide bonds. The van der Waals surface area contributed by atoms with Crippen LogP contribution in [0.25, 0.3) is 0 Å². The van der Waals surface area contributed by atoms with Crippen LogP contribution in [-0.2, 0) is 9.53 Å². The van der Waals surface area contributed by atoms with Gasteiger partial charge in [0.2, 0.25) is 0 Å². The second-order valence-electron chi connectivity index (χ2n) is 3.71. The third-order valence-electron chi connectivity index (χ3n) is 2.58. The highest BCUT2D eigenvalue weighted by Crippen LogP contribution is 2.25. The predicted octanol–water partition coefficient (Wildman–Crippen LogP) is 2.84. The normalized spacial score (nSPS) is 12.1. The predicted molar refractivity (Wildman–Crippen MR) is 62.4 cm³/mol. The number of hydrogen-bond donors (Lipinski definition) is 1. The van der Waals surface area contributed by atoms with Crippen LogP contribution in [0, 0.1) is 0 Å². The summed E-state index contributed by atoms with van der Waals surface area (Å²) in [4.78, 5) is 11.4. The van der Waals surface area contributed by atoms with Gasteiger partial charge in [-0.1, -0.05) is 19.1 Å². The van der Waals surface area contributed by atoms with Crippen LogP contribution in [0.2, 0.25) is 0 Å². The average molecular weight is 222 g/mol. The SMILES string of the molecule is CCOC(=O)CC(CC)c1ccc(O)cc1. The summed E-state index contributed by atoms with van der Waals surface area (Å²) < 4.78 is 4.93. The van der Waals surface area contributed by atoms with Gasteiger partial charge < -0.3 is 9.84 Å². The van der Waals surface area contributed by atoms with Crippen molar-refractivity contribution < 1.29 is 14.6 Å². The molecule has 0 heterocycles. The molecule has 0 aliphatic heterocycles. The first kappa shape index (κ1) is 12.6. The molecule has 1 N–H and O–H groups in total. The number of carbonyl (C=O) groups is 1. The van der Waals surface area contributed by atoms with Crippen LogP contribution in [0.4, 0.5) is 0 Å². The number of hydrogen-bond acceptors (Lipinski definition) is 3. The molecule has 1 unspecified atom stereocenters. The third kappa shape index (κ3) is 3.57. The van der Waals surface area contributed by atoms with E-state index in [1.807, 2.05) is 19.1 Å². The molecule has 3 heteroatoms. The molecule has 0 saturated carbocycles. The lowest BCUT2D eigenvalue weighted by Crippen LogP contribution is -2.09. The molecule has 1 atom stereocenters. The van der Waals surface area contributed by atoms with E-state index in [9.17, 15) is 9.90 Å². The Bertz CT molecular complexity index is 330. The lowest BCUT2D eigenvalue weighted by atomic mass is 9.93. The first-order valence-electron chi connectivity index (χ1n) is 5.61. The number of esters is 1. The standard InChI is InChI=1S/C13H18O3/c1-3-10(9-13(15)16-4-2)11-5-7-12(14)8-6-11/h5-8,10,14H,3-4,9H2,1-2H3. The highest BCUT2D eigenvalue weighted by Gasteiger charge is 2.14. The van der Waals surface area contributed by atoms with Crippen LogP contribution in [0.15, 0.2) is 24.3 Å². The van der Waals surface area contributed by atoms with Crippen LogP contribution in [0.5, 0.6) is 5.75 Å². The van der Waals surface area contributed by atoms with Crippen molar-refractivity contribution in [2.75, 3.05) is 6.61 Å². The molecule has 1 rings (SSSR count). The maximum atomic E-state index is 11.4. The second-order valence-corrected chi connectivity index (χ2v) is 3.71. The number of phenols is 1. The van der Waals surface area contributed by atoms with Gasteiger partial charge in [0.05, 0.1) is 13.0 Å². The van der Waals surface area contributed by atoms with Crippen molar-refractivity contribution in [3.63, 3.8) is 0 Å². The fourth-order valence-corrected chi connectivity index (χ4v) is 1.67. The Morgan fingerprint density at radius 2 is 1.94 bits per heavy atom.